The lowest BCUT2D eigenvalue weighted by molar-refractivity contribution is 0.0679. The predicted molar refractivity (Wildman–Crippen MR) is 71.1 cm³/mol. The smallest absolute Gasteiger partial charge is 0.254 e. The molecule has 0 aliphatic rings. The van der Waals surface area contributed by atoms with Gasteiger partial charge in [0.25, 0.3) is 5.91 Å². The van der Waals surface area contributed by atoms with E-state index in [9.17, 15) is 9.18 Å². The minimum Gasteiger partial charge on any atom is -0.335 e. The van der Waals surface area contributed by atoms with Crippen LogP contribution in [0.15, 0.2) is 24.3 Å². The van der Waals surface area contributed by atoms with Crippen LogP contribution in [0.3, 0.4) is 0 Å². The molecule has 0 N–H and O–H groups in total. The number of hydrogen-bond donors (Lipinski definition) is 0. The van der Waals surface area contributed by atoms with E-state index in [0.717, 1.165) is 6.54 Å². The summed E-state index contributed by atoms with van der Waals surface area (Å²) in [4.78, 5) is 16.1. The van der Waals surface area contributed by atoms with E-state index in [1.807, 2.05) is 32.8 Å². The first-order valence-electron chi connectivity index (χ1n) is 6.17. The number of amides is 1. The van der Waals surface area contributed by atoms with Crippen LogP contribution in [0.25, 0.3) is 0 Å². The summed E-state index contributed by atoms with van der Waals surface area (Å²) in [5.41, 5.74) is 0.531. The molecular formula is C14H21FN2O. The lowest BCUT2D eigenvalue weighted by Gasteiger charge is -2.30. The van der Waals surface area contributed by atoms with Crippen LogP contribution in [0.5, 0.6) is 0 Å². The molecule has 1 amide bonds. The number of rotatable bonds is 5. The molecule has 0 aliphatic carbocycles. The van der Waals surface area contributed by atoms with E-state index in [1.54, 1.807) is 4.90 Å². The number of carbonyl (C=O) groups is 1. The quantitative estimate of drug-likeness (QED) is 0.802. The van der Waals surface area contributed by atoms with Crippen LogP contribution >= 0.6 is 0 Å². The Kier molecular flexibility index (Phi) is 5.28. The largest absolute Gasteiger partial charge is 0.335 e. The Morgan fingerprint density at radius 3 is 2.28 bits per heavy atom. The average molecular weight is 252 g/mol. The van der Waals surface area contributed by atoms with Crippen LogP contribution in [0.2, 0.25) is 0 Å². The Balaban J connectivity index is 2.81. The van der Waals surface area contributed by atoms with E-state index in [0.29, 0.717) is 12.1 Å². The van der Waals surface area contributed by atoms with Gasteiger partial charge in [0.15, 0.2) is 0 Å². The predicted octanol–water partition coefficient (Wildman–Crippen LogP) is 2.24. The van der Waals surface area contributed by atoms with Crippen molar-refractivity contribution in [3.8, 4) is 0 Å². The molecule has 0 aromatic heterocycles. The maximum Gasteiger partial charge on any atom is 0.254 e. The summed E-state index contributed by atoms with van der Waals surface area (Å²) in [6.45, 7) is 5.42. The van der Waals surface area contributed by atoms with E-state index < -0.39 is 0 Å². The Hall–Kier alpha value is -1.42. The first-order chi connectivity index (χ1) is 8.45. The molecule has 18 heavy (non-hydrogen) atoms. The van der Waals surface area contributed by atoms with Gasteiger partial charge in [-0.15, -0.1) is 0 Å². The summed E-state index contributed by atoms with van der Waals surface area (Å²) in [7, 11) is 3.96. The van der Waals surface area contributed by atoms with E-state index in [2.05, 4.69) is 0 Å². The van der Waals surface area contributed by atoms with Crippen molar-refractivity contribution in [2.75, 3.05) is 27.2 Å². The fraction of sp³-hybridized carbons (Fsp3) is 0.500. The van der Waals surface area contributed by atoms with E-state index in [4.69, 9.17) is 0 Å². The highest BCUT2D eigenvalue weighted by atomic mass is 19.1. The Bertz CT molecular complexity index is 389. The molecule has 1 aromatic rings. The van der Waals surface area contributed by atoms with Gasteiger partial charge in [-0.25, -0.2) is 4.39 Å². The van der Waals surface area contributed by atoms with Crippen molar-refractivity contribution < 1.29 is 9.18 Å². The van der Waals surface area contributed by atoms with Gasteiger partial charge < -0.3 is 9.80 Å². The summed E-state index contributed by atoms with van der Waals surface area (Å²) < 4.78 is 12.8. The number of likely N-dealkylation sites (N-methyl/N-ethyl adjacent to an activating group) is 2. The normalized spacial score (nSPS) is 12.6. The molecule has 1 atom stereocenters. The van der Waals surface area contributed by atoms with Gasteiger partial charge in [0.2, 0.25) is 0 Å². The zero-order chi connectivity index (χ0) is 13.7. The van der Waals surface area contributed by atoms with Crippen molar-refractivity contribution >= 4 is 5.91 Å². The second kappa shape index (κ2) is 6.50. The van der Waals surface area contributed by atoms with Gasteiger partial charge in [0.1, 0.15) is 5.82 Å². The highest BCUT2D eigenvalue weighted by Crippen LogP contribution is 2.10. The zero-order valence-electron chi connectivity index (χ0n) is 11.5. The molecule has 1 rings (SSSR count). The summed E-state index contributed by atoms with van der Waals surface area (Å²) in [5, 5.41) is 0. The fourth-order valence-corrected chi connectivity index (χ4v) is 2.04. The summed E-state index contributed by atoms with van der Waals surface area (Å²) in [6, 6.07) is 5.82. The molecule has 0 saturated carbocycles. The summed E-state index contributed by atoms with van der Waals surface area (Å²) in [6.07, 6.45) is 0. The monoisotopic (exact) mass is 252 g/mol. The Labute approximate surface area is 108 Å². The number of nitrogens with zero attached hydrogens (tertiary/aromatic N) is 2. The number of carbonyl (C=O) groups excluding carboxylic acids is 1. The highest BCUT2D eigenvalue weighted by molar-refractivity contribution is 5.94. The van der Waals surface area contributed by atoms with E-state index in [1.165, 1.54) is 24.3 Å². The fourth-order valence-electron chi connectivity index (χ4n) is 2.04. The Morgan fingerprint density at radius 1 is 1.28 bits per heavy atom. The maximum absolute atomic E-state index is 12.8. The molecule has 0 spiro atoms. The molecule has 0 aliphatic heterocycles. The van der Waals surface area contributed by atoms with Crippen molar-refractivity contribution in [1.82, 2.24) is 9.80 Å². The van der Waals surface area contributed by atoms with E-state index >= 15 is 0 Å². The lowest BCUT2D eigenvalue weighted by Crippen LogP contribution is -2.43. The van der Waals surface area contributed by atoms with Crippen molar-refractivity contribution in [3.63, 3.8) is 0 Å². The first-order valence-corrected chi connectivity index (χ1v) is 6.17. The number of halogens is 1. The minimum absolute atomic E-state index is 0.0492. The minimum atomic E-state index is -0.323. The molecular weight excluding hydrogens is 231 g/mol. The van der Waals surface area contributed by atoms with Gasteiger partial charge in [-0.05, 0) is 52.2 Å². The van der Waals surface area contributed by atoms with Crippen LogP contribution in [0.1, 0.15) is 24.2 Å². The van der Waals surface area contributed by atoms with Gasteiger partial charge in [0.05, 0.1) is 0 Å². The number of benzene rings is 1. The topological polar surface area (TPSA) is 23.6 Å². The zero-order valence-corrected chi connectivity index (χ0v) is 11.5. The molecule has 4 heteroatoms. The van der Waals surface area contributed by atoms with Gasteiger partial charge >= 0.3 is 0 Å². The van der Waals surface area contributed by atoms with Gasteiger partial charge in [-0.3, -0.25) is 4.79 Å². The van der Waals surface area contributed by atoms with Gasteiger partial charge in [-0.1, -0.05) is 0 Å². The summed E-state index contributed by atoms with van der Waals surface area (Å²) >= 11 is 0. The van der Waals surface area contributed by atoms with Crippen LogP contribution in [0.4, 0.5) is 4.39 Å². The standard InChI is InChI=1S/C14H21FN2O/c1-5-17(11(2)10-16(3)4)14(18)12-6-8-13(15)9-7-12/h6-9,11H,5,10H2,1-4H3. The van der Waals surface area contributed by atoms with Gasteiger partial charge in [0, 0.05) is 24.7 Å². The average Bonchev–Trinajstić information content (AvgIpc) is 2.29. The van der Waals surface area contributed by atoms with Crippen LogP contribution in [-0.2, 0) is 0 Å². The first kappa shape index (κ1) is 14.6. The molecule has 0 radical (unpaired) electrons. The van der Waals surface area contributed by atoms with Crippen LogP contribution < -0.4 is 0 Å². The SMILES string of the molecule is CCN(C(=O)c1ccc(F)cc1)C(C)CN(C)C. The van der Waals surface area contributed by atoms with Gasteiger partial charge in [-0.2, -0.15) is 0 Å². The lowest BCUT2D eigenvalue weighted by atomic mass is 10.1. The van der Waals surface area contributed by atoms with E-state index in [-0.39, 0.29) is 17.8 Å². The van der Waals surface area contributed by atoms with Crippen molar-refractivity contribution in [2.24, 2.45) is 0 Å². The van der Waals surface area contributed by atoms with Crippen LogP contribution in [-0.4, -0.2) is 48.9 Å². The van der Waals surface area contributed by atoms with Crippen molar-refractivity contribution in [1.29, 1.82) is 0 Å². The number of hydrogen-bond acceptors (Lipinski definition) is 2. The third-order valence-electron chi connectivity index (χ3n) is 2.85. The molecule has 1 aromatic carbocycles. The third kappa shape index (κ3) is 3.81. The second-order valence-corrected chi connectivity index (χ2v) is 4.71. The molecule has 3 nitrogen and oxygen atoms in total. The molecule has 100 valence electrons. The summed E-state index contributed by atoms with van der Waals surface area (Å²) in [5.74, 6) is -0.372. The van der Waals surface area contributed by atoms with Crippen molar-refractivity contribution in [3.05, 3.63) is 35.6 Å². The second-order valence-electron chi connectivity index (χ2n) is 4.71. The Morgan fingerprint density at radius 2 is 1.83 bits per heavy atom. The molecule has 0 heterocycles. The van der Waals surface area contributed by atoms with Crippen molar-refractivity contribution in [2.45, 2.75) is 19.9 Å². The molecule has 0 saturated heterocycles. The maximum atomic E-state index is 12.8. The molecule has 0 bridgehead atoms. The molecule has 1 unspecified atom stereocenters. The highest BCUT2D eigenvalue weighted by Gasteiger charge is 2.20. The third-order valence-corrected chi connectivity index (χ3v) is 2.85. The van der Waals surface area contributed by atoms with Crippen LogP contribution in [0, 0.1) is 5.82 Å². The molecule has 0 fully saturated rings.